The maximum atomic E-state index is 10.0. The summed E-state index contributed by atoms with van der Waals surface area (Å²) in [6.07, 6.45) is 4.79. The van der Waals surface area contributed by atoms with E-state index >= 15 is 0 Å². The number of hydrogen-bond donors (Lipinski definition) is 1. The smallest absolute Gasteiger partial charge is 0.161 e. The van der Waals surface area contributed by atoms with Gasteiger partial charge in [0.25, 0.3) is 0 Å². The molecule has 1 aromatic rings. The summed E-state index contributed by atoms with van der Waals surface area (Å²) in [5.41, 5.74) is 3.36. The Kier molecular flexibility index (Phi) is 7.65. The van der Waals surface area contributed by atoms with Gasteiger partial charge in [-0.2, -0.15) is 5.26 Å². The Hall–Kier alpha value is -1.88. The molecular weight excluding hydrogens is 410 g/mol. The Balaban J connectivity index is 1.65. The topological polar surface area (TPSA) is 66.8 Å². The van der Waals surface area contributed by atoms with Gasteiger partial charge in [0.15, 0.2) is 11.5 Å². The van der Waals surface area contributed by atoms with Gasteiger partial charge >= 0.3 is 0 Å². The van der Waals surface area contributed by atoms with Crippen molar-refractivity contribution in [1.29, 1.82) is 5.26 Å². The third kappa shape index (κ3) is 4.97. The molecule has 2 aliphatic heterocycles. The lowest BCUT2D eigenvalue weighted by Gasteiger charge is -2.40. The monoisotopic (exact) mass is 443 g/mol. The Morgan fingerprint density at radius 1 is 1.26 bits per heavy atom. The van der Waals surface area contributed by atoms with Gasteiger partial charge in [-0.3, -0.25) is 4.90 Å². The fourth-order valence-electron chi connectivity index (χ4n) is 4.92. The number of nitriles is 1. The summed E-state index contributed by atoms with van der Waals surface area (Å²) < 4.78 is 17.0. The minimum atomic E-state index is 0.377. The third-order valence-corrected chi connectivity index (χ3v) is 7.46. The summed E-state index contributed by atoms with van der Waals surface area (Å²) >= 11 is 1.65. The van der Waals surface area contributed by atoms with Crippen LogP contribution in [0.4, 0.5) is 0 Å². The van der Waals surface area contributed by atoms with Crippen molar-refractivity contribution in [3.05, 3.63) is 28.2 Å². The lowest BCUT2D eigenvalue weighted by molar-refractivity contribution is 0.0410. The van der Waals surface area contributed by atoms with Crippen molar-refractivity contribution in [2.45, 2.75) is 44.6 Å². The molecule has 2 unspecified atom stereocenters. The highest BCUT2D eigenvalue weighted by atomic mass is 32.2. The molecule has 0 amide bonds. The number of methoxy groups -OCH3 is 1. The Morgan fingerprint density at radius 2 is 2.06 bits per heavy atom. The second-order valence-corrected chi connectivity index (χ2v) is 9.39. The molecule has 0 bridgehead atoms. The minimum absolute atomic E-state index is 0.377. The van der Waals surface area contributed by atoms with E-state index in [1.165, 1.54) is 24.8 Å². The predicted octanol–water partition coefficient (Wildman–Crippen LogP) is 3.98. The molecule has 0 aromatic heterocycles. The summed E-state index contributed by atoms with van der Waals surface area (Å²) in [6.45, 7) is 7.12. The van der Waals surface area contributed by atoms with E-state index in [0.29, 0.717) is 18.6 Å². The molecule has 2 atom stereocenters. The lowest BCUT2D eigenvalue weighted by atomic mass is 9.75. The van der Waals surface area contributed by atoms with Crippen molar-refractivity contribution in [2.24, 2.45) is 0 Å². The minimum Gasteiger partial charge on any atom is -0.493 e. The van der Waals surface area contributed by atoms with Gasteiger partial charge < -0.3 is 19.5 Å². The number of nitrogens with zero attached hydrogens (tertiary/aromatic N) is 2. The van der Waals surface area contributed by atoms with Gasteiger partial charge in [-0.1, -0.05) is 12.8 Å². The fraction of sp³-hybridized carbons (Fsp3) is 0.625. The summed E-state index contributed by atoms with van der Waals surface area (Å²) in [5, 5.41) is 13.8. The van der Waals surface area contributed by atoms with E-state index in [2.05, 4.69) is 28.4 Å². The Bertz CT molecular complexity index is 845. The molecule has 3 aliphatic rings. The molecule has 0 spiro atoms. The molecule has 7 heteroatoms. The summed E-state index contributed by atoms with van der Waals surface area (Å²) in [7, 11) is 1.68. The zero-order valence-corrected chi connectivity index (χ0v) is 19.4. The molecule has 1 N–H and O–H groups in total. The van der Waals surface area contributed by atoms with E-state index in [-0.39, 0.29) is 0 Å². The maximum absolute atomic E-state index is 10.0. The molecule has 6 nitrogen and oxygen atoms in total. The van der Waals surface area contributed by atoms with Crippen molar-refractivity contribution < 1.29 is 14.2 Å². The van der Waals surface area contributed by atoms with Crippen molar-refractivity contribution in [3.63, 3.8) is 0 Å². The fourth-order valence-corrected chi connectivity index (χ4v) is 5.85. The van der Waals surface area contributed by atoms with Gasteiger partial charge in [0.05, 0.1) is 32.6 Å². The number of ether oxygens (including phenoxy) is 3. The molecule has 1 aromatic carbocycles. The first kappa shape index (κ1) is 22.3. The molecule has 2 heterocycles. The van der Waals surface area contributed by atoms with Crippen LogP contribution in [0.5, 0.6) is 11.5 Å². The van der Waals surface area contributed by atoms with Gasteiger partial charge in [0.1, 0.15) is 11.0 Å². The number of allylic oxidation sites excluding steroid dienone is 1. The first-order valence-corrected chi connectivity index (χ1v) is 12.4. The van der Waals surface area contributed by atoms with Gasteiger partial charge in [0, 0.05) is 42.9 Å². The number of nitrogens with one attached hydrogen (secondary N) is 1. The second kappa shape index (κ2) is 10.6. The van der Waals surface area contributed by atoms with Crippen LogP contribution in [-0.4, -0.2) is 63.3 Å². The molecule has 31 heavy (non-hydrogen) atoms. The summed E-state index contributed by atoms with van der Waals surface area (Å²) in [4.78, 5) is 3.18. The van der Waals surface area contributed by atoms with Crippen LogP contribution in [0.2, 0.25) is 0 Å². The van der Waals surface area contributed by atoms with E-state index in [1.807, 2.05) is 6.92 Å². The van der Waals surface area contributed by atoms with Crippen molar-refractivity contribution in [2.75, 3.05) is 52.3 Å². The maximum Gasteiger partial charge on any atom is 0.161 e. The normalized spacial score (nSPS) is 24.9. The first-order chi connectivity index (χ1) is 15.2. The van der Waals surface area contributed by atoms with Crippen LogP contribution < -0.4 is 14.8 Å². The summed E-state index contributed by atoms with van der Waals surface area (Å²) in [6, 6.07) is 7.09. The zero-order valence-electron chi connectivity index (χ0n) is 18.6. The number of thioether (sulfide) groups is 1. The zero-order chi connectivity index (χ0) is 21.6. The largest absolute Gasteiger partial charge is 0.493 e. The number of morpholine rings is 1. The van der Waals surface area contributed by atoms with Gasteiger partial charge in [-0.15, -0.1) is 11.8 Å². The van der Waals surface area contributed by atoms with E-state index in [0.717, 1.165) is 72.7 Å². The molecule has 1 saturated heterocycles. The van der Waals surface area contributed by atoms with Gasteiger partial charge in [0.2, 0.25) is 0 Å². The summed E-state index contributed by atoms with van der Waals surface area (Å²) in [5.74, 6) is 2.87. The van der Waals surface area contributed by atoms with Crippen LogP contribution >= 0.6 is 11.8 Å². The average molecular weight is 444 g/mol. The standard InChI is InChI=1S/C24H33N3O3S/c1-3-30-22-14-18-17-6-4-5-7-20(17)26-24(19(18)15-21(22)28-2)23(16-25)31-13-10-27-8-11-29-12-9-27/h14-15,17,20,26H,3-13H2,1-2H3/b24-23+. The number of hydrogen-bond acceptors (Lipinski definition) is 7. The lowest BCUT2D eigenvalue weighted by Crippen LogP contribution is -2.41. The van der Waals surface area contributed by atoms with Gasteiger partial charge in [-0.25, -0.2) is 0 Å². The quantitative estimate of drug-likeness (QED) is 0.639. The molecule has 2 fully saturated rings. The van der Waals surface area contributed by atoms with Crippen molar-refractivity contribution in [1.82, 2.24) is 10.2 Å². The SMILES string of the molecule is CCOc1cc2c(cc1OC)/C(=C(/C#N)SCCN1CCOCC1)NC1CCCCC21. The number of benzene rings is 1. The van der Waals surface area contributed by atoms with Crippen LogP contribution in [0.25, 0.3) is 5.70 Å². The van der Waals surface area contributed by atoms with E-state index < -0.39 is 0 Å². The van der Waals surface area contributed by atoms with Crippen LogP contribution in [0.1, 0.15) is 49.7 Å². The first-order valence-electron chi connectivity index (χ1n) is 11.4. The molecule has 168 valence electrons. The Labute approximate surface area is 189 Å². The predicted molar refractivity (Wildman–Crippen MR) is 125 cm³/mol. The average Bonchev–Trinajstić information content (AvgIpc) is 2.82. The third-order valence-electron chi connectivity index (χ3n) is 6.49. The van der Waals surface area contributed by atoms with Crippen molar-refractivity contribution >= 4 is 17.5 Å². The Morgan fingerprint density at radius 3 is 2.81 bits per heavy atom. The van der Waals surface area contributed by atoms with Crippen LogP contribution in [-0.2, 0) is 4.74 Å². The van der Waals surface area contributed by atoms with Crippen LogP contribution in [0, 0.1) is 11.3 Å². The highest BCUT2D eigenvalue weighted by molar-refractivity contribution is 8.03. The van der Waals surface area contributed by atoms with E-state index in [9.17, 15) is 5.26 Å². The second-order valence-electron chi connectivity index (χ2n) is 8.28. The van der Waals surface area contributed by atoms with E-state index in [4.69, 9.17) is 14.2 Å². The highest BCUT2D eigenvalue weighted by Gasteiger charge is 2.36. The van der Waals surface area contributed by atoms with Gasteiger partial charge in [-0.05, 0) is 37.5 Å². The molecule has 4 rings (SSSR count). The van der Waals surface area contributed by atoms with Crippen molar-refractivity contribution in [3.8, 4) is 17.6 Å². The highest BCUT2D eigenvalue weighted by Crippen LogP contribution is 2.46. The van der Waals surface area contributed by atoms with Crippen LogP contribution in [0.3, 0.4) is 0 Å². The molecular formula is C24H33N3O3S. The molecule has 1 aliphatic carbocycles. The molecule has 1 saturated carbocycles. The number of rotatable bonds is 7. The number of fused-ring (bicyclic) bond motifs is 3. The molecule has 0 radical (unpaired) electrons. The van der Waals surface area contributed by atoms with Crippen LogP contribution in [0.15, 0.2) is 17.0 Å². The van der Waals surface area contributed by atoms with E-state index in [1.54, 1.807) is 18.9 Å².